The number of hydrogen-bond acceptors (Lipinski definition) is 1. The van der Waals surface area contributed by atoms with Crippen LogP contribution in [0.3, 0.4) is 0 Å². The lowest BCUT2D eigenvalue weighted by atomic mass is 9.80. The molecule has 1 heteroatoms. The predicted molar refractivity (Wildman–Crippen MR) is 74.7 cm³/mol. The zero-order chi connectivity index (χ0) is 13.0. The molecule has 16 heavy (non-hydrogen) atoms. The first kappa shape index (κ1) is 16.0. The molecule has 0 radical (unpaired) electrons. The van der Waals surface area contributed by atoms with Gasteiger partial charge in [-0.1, -0.05) is 55.4 Å². The van der Waals surface area contributed by atoms with E-state index in [4.69, 9.17) is 0 Å². The first-order valence-electron chi connectivity index (χ1n) is 6.77. The van der Waals surface area contributed by atoms with Crippen molar-refractivity contribution in [2.75, 3.05) is 13.1 Å². The molecular weight excluding hydrogens is 194 g/mol. The highest BCUT2D eigenvalue weighted by Crippen LogP contribution is 2.27. The van der Waals surface area contributed by atoms with E-state index in [0.717, 1.165) is 24.9 Å². The number of hydrogen-bond donors (Lipinski definition) is 1. The second kappa shape index (κ2) is 6.05. The SMILES string of the molecule is CC(C)CC(C)(C)CNCC(C)(C)C(C)C. The summed E-state index contributed by atoms with van der Waals surface area (Å²) in [6.45, 7) is 20.9. The highest BCUT2D eigenvalue weighted by atomic mass is 14.9. The van der Waals surface area contributed by atoms with Gasteiger partial charge in [0.05, 0.1) is 0 Å². The molecule has 98 valence electrons. The molecule has 0 aliphatic rings. The lowest BCUT2D eigenvalue weighted by Crippen LogP contribution is -2.38. The molecule has 0 saturated carbocycles. The van der Waals surface area contributed by atoms with E-state index in [1.165, 1.54) is 6.42 Å². The molecule has 0 unspecified atom stereocenters. The summed E-state index contributed by atoms with van der Waals surface area (Å²) in [6.07, 6.45) is 1.29. The van der Waals surface area contributed by atoms with Gasteiger partial charge in [0, 0.05) is 13.1 Å². The standard InChI is InChI=1S/C15H33N/c1-12(2)9-14(5,6)10-16-11-15(7,8)13(3)4/h12-13,16H,9-11H2,1-8H3. The Kier molecular flexibility index (Phi) is 6.03. The van der Waals surface area contributed by atoms with Gasteiger partial charge in [0.1, 0.15) is 0 Å². The van der Waals surface area contributed by atoms with Crippen LogP contribution in [-0.4, -0.2) is 13.1 Å². The van der Waals surface area contributed by atoms with E-state index in [1.807, 2.05) is 0 Å². The van der Waals surface area contributed by atoms with Crippen LogP contribution in [0.25, 0.3) is 0 Å². The van der Waals surface area contributed by atoms with Crippen LogP contribution >= 0.6 is 0 Å². The fourth-order valence-electron chi connectivity index (χ4n) is 2.10. The molecule has 0 atom stereocenters. The predicted octanol–water partition coefficient (Wildman–Crippen LogP) is 4.33. The van der Waals surface area contributed by atoms with Gasteiger partial charge in [-0.15, -0.1) is 0 Å². The van der Waals surface area contributed by atoms with Crippen molar-refractivity contribution in [3.8, 4) is 0 Å². The summed E-state index contributed by atoms with van der Waals surface area (Å²) in [5.41, 5.74) is 0.815. The molecule has 0 fully saturated rings. The second-order valence-electron chi connectivity index (χ2n) is 7.51. The Morgan fingerprint density at radius 3 is 1.75 bits per heavy atom. The minimum absolute atomic E-state index is 0.397. The lowest BCUT2D eigenvalue weighted by Gasteiger charge is -2.33. The van der Waals surface area contributed by atoms with Crippen LogP contribution in [0.5, 0.6) is 0 Å². The third kappa shape index (κ3) is 6.52. The maximum Gasteiger partial charge on any atom is 0.000519 e. The normalized spacial score (nSPS) is 13.9. The first-order valence-corrected chi connectivity index (χ1v) is 6.77. The molecular formula is C15H33N. The second-order valence-corrected chi connectivity index (χ2v) is 7.51. The van der Waals surface area contributed by atoms with Gasteiger partial charge in [0.15, 0.2) is 0 Å². The van der Waals surface area contributed by atoms with Gasteiger partial charge in [-0.05, 0) is 29.1 Å². The highest BCUT2D eigenvalue weighted by molar-refractivity contribution is 4.78. The van der Waals surface area contributed by atoms with Gasteiger partial charge in [-0.2, -0.15) is 0 Å². The van der Waals surface area contributed by atoms with E-state index in [2.05, 4.69) is 60.7 Å². The van der Waals surface area contributed by atoms with Crippen molar-refractivity contribution >= 4 is 0 Å². The van der Waals surface area contributed by atoms with Gasteiger partial charge in [0.2, 0.25) is 0 Å². The summed E-state index contributed by atoms with van der Waals surface area (Å²) in [7, 11) is 0. The summed E-state index contributed by atoms with van der Waals surface area (Å²) in [6, 6.07) is 0. The molecule has 1 N–H and O–H groups in total. The van der Waals surface area contributed by atoms with E-state index >= 15 is 0 Å². The summed E-state index contributed by atoms with van der Waals surface area (Å²) in [4.78, 5) is 0. The van der Waals surface area contributed by atoms with Crippen LogP contribution in [0.15, 0.2) is 0 Å². The Morgan fingerprint density at radius 2 is 1.38 bits per heavy atom. The Hall–Kier alpha value is -0.0400. The van der Waals surface area contributed by atoms with Gasteiger partial charge < -0.3 is 5.32 Å². The average molecular weight is 227 g/mol. The topological polar surface area (TPSA) is 12.0 Å². The zero-order valence-corrected chi connectivity index (χ0v) is 12.8. The van der Waals surface area contributed by atoms with Gasteiger partial charge >= 0.3 is 0 Å². The van der Waals surface area contributed by atoms with Crippen molar-refractivity contribution in [1.29, 1.82) is 0 Å². The van der Waals surface area contributed by atoms with E-state index in [0.29, 0.717) is 10.8 Å². The zero-order valence-electron chi connectivity index (χ0n) is 12.8. The molecule has 0 aliphatic heterocycles. The maximum atomic E-state index is 3.65. The Labute approximate surface area is 103 Å². The lowest BCUT2D eigenvalue weighted by molar-refractivity contribution is 0.209. The smallest absolute Gasteiger partial charge is 0.000519 e. The summed E-state index contributed by atoms with van der Waals surface area (Å²) in [5.74, 6) is 1.52. The van der Waals surface area contributed by atoms with Gasteiger partial charge in [-0.3, -0.25) is 0 Å². The first-order chi connectivity index (χ1) is 7.07. The minimum Gasteiger partial charge on any atom is -0.316 e. The Morgan fingerprint density at radius 1 is 0.875 bits per heavy atom. The van der Waals surface area contributed by atoms with Crippen LogP contribution in [0.4, 0.5) is 0 Å². The van der Waals surface area contributed by atoms with E-state index in [-0.39, 0.29) is 0 Å². The molecule has 1 nitrogen and oxygen atoms in total. The monoisotopic (exact) mass is 227 g/mol. The van der Waals surface area contributed by atoms with Gasteiger partial charge in [0.25, 0.3) is 0 Å². The van der Waals surface area contributed by atoms with Crippen LogP contribution in [0, 0.1) is 22.7 Å². The van der Waals surface area contributed by atoms with E-state index in [1.54, 1.807) is 0 Å². The molecule has 0 heterocycles. The van der Waals surface area contributed by atoms with Crippen LogP contribution < -0.4 is 5.32 Å². The average Bonchev–Trinajstić information content (AvgIpc) is 1.99. The molecule has 0 rings (SSSR count). The summed E-state index contributed by atoms with van der Waals surface area (Å²) < 4.78 is 0. The molecule has 0 amide bonds. The van der Waals surface area contributed by atoms with Crippen LogP contribution in [-0.2, 0) is 0 Å². The summed E-state index contributed by atoms with van der Waals surface area (Å²) in [5, 5.41) is 3.65. The Bertz CT molecular complexity index is 190. The summed E-state index contributed by atoms with van der Waals surface area (Å²) >= 11 is 0. The molecule has 0 bridgehead atoms. The quantitative estimate of drug-likeness (QED) is 0.682. The van der Waals surface area contributed by atoms with Gasteiger partial charge in [-0.25, -0.2) is 0 Å². The van der Waals surface area contributed by atoms with Crippen LogP contribution in [0.1, 0.15) is 61.8 Å². The number of nitrogens with one attached hydrogen (secondary N) is 1. The molecule has 0 aromatic rings. The third-order valence-electron chi connectivity index (χ3n) is 3.71. The number of rotatable bonds is 7. The van der Waals surface area contributed by atoms with E-state index in [9.17, 15) is 0 Å². The van der Waals surface area contributed by atoms with Crippen molar-refractivity contribution in [2.45, 2.75) is 61.8 Å². The Balaban J connectivity index is 3.98. The van der Waals surface area contributed by atoms with Crippen LogP contribution in [0.2, 0.25) is 0 Å². The largest absolute Gasteiger partial charge is 0.316 e. The van der Waals surface area contributed by atoms with Crippen molar-refractivity contribution in [3.05, 3.63) is 0 Å². The fourth-order valence-corrected chi connectivity index (χ4v) is 2.10. The van der Waals surface area contributed by atoms with Crippen molar-refractivity contribution in [3.63, 3.8) is 0 Å². The molecule has 0 aliphatic carbocycles. The van der Waals surface area contributed by atoms with Crippen molar-refractivity contribution in [1.82, 2.24) is 5.32 Å². The maximum absolute atomic E-state index is 3.65. The van der Waals surface area contributed by atoms with Crippen molar-refractivity contribution in [2.24, 2.45) is 22.7 Å². The third-order valence-corrected chi connectivity index (χ3v) is 3.71. The van der Waals surface area contributed by atoms with E-state index < -0.39 is 0 Å². The highest BCUT2D eigenvalue weighted by Gasteiger charge is 2.24. The van der Waals surface area contributed by atoms with Crippen molar-refractivity contribution < 1.29 is 0 Å². The molecule has 0 spiro atoms. The molecule has 0 aromatic heterocycles. The molecule has 0 aromatic carbocycles. The fraction of sp³-hybridized carbons (Fsp3) is 1.00. The minimum atomic E-state index is 0.397. The molecule has 0 saturated heterocycles.